The van der Waals surface area contributed by atoms with Gasteiger partial charge in [-0.1, -0.05) is 18.2 Å². The Morgan fingerprint density at radius 2 is 2.05 bits per heavy atom. The van der Waals surface area contributed by atoms with Crippen molar-refractivity contribution >= 4 is 22.4 Å². The van der Waals surface area contributed by atoms with E-state index >= 15 is 0 Å². The Hall–Kier alpha value is -1.65. The number of aryl methyl sites for hydroxylation is 1. The van der Waals surface area contributed by atoms with Gasteiger partial charge in [0.2, 0.25) is 0 Å². The molecule has 0 radical (unpaired) electrons. The van der Waals surface area contributed by atoms with E-state index < -0.39 is 0 Å². The lowest BCUT2D eigenvalue weighted by Gasteiger charge is -2.09. The lowest BCUT2D eigenvalue weighted by atomic mass is 10.1. The summed E-state index contributed by atoms with van der Waals surface area (Å²) in [5.41, 5.74) is 2.10. The fraction of sp³-hybridized carbons (Fsp3) is 0.267. The first-order valence-corrected chi connectivity index (χ1v) is 7.23. The van der Waals surface area contributed by atoms with E-state index in [1.807, 2.05) is 36.7 Å². The fourth-order valence-electron chi connectivity index (χ4n) is 2.32. The van der Waals surface area contributed by atoms with Gasteiger partial charge in [0, 0.05) is 24.8 Å². The third-order valence-electron chi connectivity index (χ3n) is 3.31. The van der Waals surface area contributed by atoms with Crippen molar-refractivity contribution in [1.82, 2.24) is 9.55 Å². The van der Waals surface area contributed by atoms with Crippen LogP contribution in [-0.4, -0.2) is 20.8 Å². The van der Waals surface area contributed by atoms with Crippen LogP contribution >= 0.6 is 11.3 Å². The molecule has 0 aliphatic heterocycles. The highest BCUT2D eigenvalue weighted by Gasteiger charge is 2.13. The molecule has 0 bridgehead atoms. The van der Waals surface area contributed by atoms with Crippen LogP contribution in [-0.2, 0) is 19.9 Å². The summed E-state index contributed by atoms with van der Waals surface area (Å²) in [6, 6.07) is 12.1. The summed E-state index contributed by atoms with van der Waals surface area (Å²) in [6.45, 7) is 0. The molecule has 0 aliphatic rings. The van der Waals surface area contributed by atoms with Gasteiger partial charge >= 0.3 is 0 Å². The second-order valence-electron chi connectivity index (χ2n) is 4.72. The maximum atomic E-state index is 10.2. The van der Waals surface area contributed by atoms with Crippen molar-refractivity contribution in [2.75, 3.05) is 0 Å². The largest absolute Gasteiger partial charge is 0.392 e. The number of para-hydroxylation sites is 2. The molecule has 1 unspecified atom stereocenters. The first-order valence-electron chi connectivity index (χ1n) is 6.35. The molecule has 2 heterocycles. The topological polar surface area (TPSA) is 38.0 Å². The van der Waals surface area contributed by atoms with E-state index in [-0.39, 0.29) is 6.10 Å². The van der Waals surface area contributed by atoms with Crippen LogP contribution < -0.4 is 0 Å². The maximum Gasteiger partial charge on any atom is 0.112 e. The zero-order chi connectivity index (χ0) is 13.2. The molecule has 0 fully saturated rings. The van der Waals surface area contributed by atoms with Crippen LogP contribution in [0.25, 0.3) is 11.0 Å². The summed E-state index contributed by atoms with van der Waals surface area (Å²) in [6.07, 6.45) is 0.901. The lowest BCUT2D eigenvalue weighted by Crippen LogP contribution is -2.16. The van der Waals surface area contributed by atoms with Crippen LogP contribution in [0, 0.1) is 0 Å². The van der Waals surface area contributed by atoms with Crippen LogP contribution in [0.2, 0.25) is 0 Å². The van der Waals surface area contributed by atoms with E-state index in [1.165, 1.54) is 4.88 Å². The minimum absolute atomic E-state index is 0.380. The second kappa shape index (κ2) is 5.15. The van der Waals surface area contributed by atoms with Crippen molar-refractivity contribution in [3.05, 3.63) is 52.5 Å². The number of imidazole rings is 1. The monoisotopic (exact) mass is 272 g/mol. The Bertz CT molecular complexity index is 673. The van der Waals surface area contributed by atoms with Gasteiger partial charge in [-0.3, -0.25) is 0 Å². The molecule has 1 atom stereocenters. The van der Waals surface area contributed by atoms with Gasteiger partial charge in [0.05, 0.1) is 17.1 Å². The van der Waals surface area contributed by atoms with Gasteiger partial charge in [0.1, 0.15) is 5.82 Å². The Balaban J connectivity index is 1.79. The number of hydrogen-bond donors (Lipinski definition) is 1. The van der Waals surface area contributed by atoms with Gasteiger partial charge in [0.15, 0.2) is 0 Å². The summed E-state index contributed by atoms with van der Waals surface area (Å²) < 4.78 is 2.06. The fourth-order valence-corrected chi connectivity index (χ4v) is 3.10. The van der Waals surface area contributed by atoms with Crippen LogP contribution in [0.15, 0.2) is 41.8 Å². The van der Waals surface area contributed by atoms with E-state index in [2.05, 4.69) is 21.7 Å². The van der Waals surface area contributed by atoms with E-state index in [0.29, 0.717) is 12.8 Å². The third kappa shape index (κ3) is 2.55. The van der Waals surface area contributed by atoms with Crippen molar-refractivity contribution in [2.24, 2.45) is 7.05 Å². The minimum atomic E-state index is -0.380. The van der Waals surface area contributed by atoms with Crippen LogP contribution in [0.1, 0.15) is 10.7 Å². The summed E-state index contributed by atoms with van der Waals surface area (Å²) in [5, 5.41) is 12.2. The highest BCUT2D eigenvalue weighted by molar-refractivity contribution is 7.09. The predicted octanol–water partition coefficient (Wildman–Crippen LogP) is 2.78. The summed E-state index contributed by atoms with van der Waals surface area (Å²) in [5.74, 6) is 0.935. The molecule has 0 amide bonds. The molecule has 2 aromatic heterocycles. The van der Waals surface area contributed by atoms with E-state index in [0.717, 1.165) is 16.9 Å². The first kappa shape index (κ1) is 12.4. The van der Waals surface area contributed by atoms with Crippen LogP contribution in [0.5, 0.6) is 0 Å². The number of thiophene rings is 1. The van der Waals surface area contributed by atoms with Crippen LogP contribution in [0.4, 0.5) is 0 Å². The molecular formula is C15H16N2OS. The predicted molar refractivity (Wildman–Crippen MR) is 78.4 cm³/mol. The Kier molecular flexibility index (Phi) is 3.36. The Morgan fingerprint density at radius 1 is 1.21 bits per heavy atom. The molecule has 1 aromatic carbocycles. The molecule has 3 nitrogen and oxygen atoms in total. The molecule has 1 N–H and O–H groups in total. The zero-order valence-corrected chi connectivity index (χ0v) is 11.6. The Labute approximate surface area is 116 Å². The van der Waals surface area contributed by atoms with Gasteiger partial charge in [0.25, 0.3) is 0 Å². The smallest absolute Gasteiger partial charge is 0.112 e. The van der Waals surface area contributed by atoms with Crippen molar-refractivity contribution in [1.29, 1.82) is 0 Å². The van der Waals surface area contributed by atoms with Crippen molar-refractivity contribution < 1.29 is 5.11 Å². The number of rotatable bonds is 4. The first-order chi connectivity index (χ1) is 9.24. The summed E-state index contributed by atoms with van der Waals surface area (Å²) in [7, 11) is 2.00. The van der Waals surface area contributed by atoms with Gasteiger partial charge in [-0.2, -0.15) is 0 Å². The molecule has 3 aromatic rings. The number of aromatic nitrogens is 2. The second-order valence-corrected chi connectivity index (χ2v) is 5.75. The molecule has 0 saturated carbocycles. The van der Waals surface area contributed by atoms with E-state index in [4.69, 9.17) is 0 Å². The average Bonchev–Trinajstić information content (AvgIpc) is 3.00. The quantitative estimate of drug-likeness (QED) is 0.793. The van der Waals surface area contributed by atoms with Gasteiger partial charge < -0.3 is 9.67 Å². The van der Waals surface area contributed by atoms with E-state index in [1.54, 1.807) is 11.3 Å². The number of fused-ring (bicyclic) bond motifs is 1. The average molecular weight is 272 g/mol. The number of aliphatic hydroxyl groups excluding tert-OH is 1. The molecule has 98 valence electrons. The molecule has 0 aliphatic carbocycles. The van der Waals surface area contributed by atoms with Gasteiger partial charge in [-0.05, 0) is 23.6 Å². The van der Waals surface area contributed by atoms with Crippen LogP contribution in [0.3, 0.4) is 0 Å². The van der Waals surface area contributed by atoms with Gasteiger partial charge in [-0.25, -0.2) is 4.98 Å². The third-order valence-corrected chi connectivity index (χ3v) is 4.21. The number of benzene rings is 1. The molecular weight excluding hydrogens is 256 g/mol. The molecule has 0 saturated heterocycles. The minimum Gasteiger partial charge on any atom is -0.392 e. The summed E-state index contributed by atoms with van der Waals surface area (Å²) >= 11 is 1.68. The highest BCUT2D eigenvalue weighted by atomic mass is 32.1. The SMILES string of the molecule is Cn1c(CC(O)Cc2cccs2)nc2ccccc21. The lowest BCUT2D eigenvalue weighted by molar-refractivity contribution is 0.173. The maximum absolute atomic E-state index is 10.2. The molecule has 0 spiro atoms. The van der Waals surface area contributed by atoms with Crippen molar-refractivity contribution in [3.8, 4) is 0 Å². The molecule has 4 heteroatoms. The molecule has 3 rings (SSSR count). The van der Waals surface area contributed by atoms with Crippen molar-refractivity contribution in [2.45, 2.75) is 18.9 Å². The standard InChI is InChI=1S/C15H16N2OS/c1-17-14-7-3-2-6-13(14)16-15(17)10-11(18)9-12-5-4-8-19-12/h2-8,11,18H,9-10H2,1H3. The number of nitrogens with zero attached hydrogens (tertiary/aromatic N) is 2. The van der Waals surface area contributed by atoms with E-state index in [9.17, 15) is 5.11 Å². The number of hydrogen-bond acceptors (Lipinski definition) is 3. The van der Waals surface area contributed by atoms with Crippen molar-refractivity contribution in [3.63, 3.8) is 0 Å². The van der Waals surface area contributed by atoms with Gasteiger partial charge in [-0.15, -0.1) is 11.3 Å². The summed E-state index contributed by atoms with van der Waals surface area (Å²) in [4.78, 5) is 5.80. The number of aliphatic hydroxyl groups is 1. The molecule has 19 heavy (non-hydrogen) atoms. The Morgan fingerprint density at radius 3 is 2.79 bits per heavy atom. The normalized spacial score (nSPS) is 12.9. The zero-order valence-electron chi connectivity index (χ0n) is 10.8. The highest BCUT2D eigenvalue weighted by Crippen LogP contribution is 2.17.